The molecule has 0 aliphatic rings. The third-order valence-electron chi connectivity index (χ3n) is 6.18. The van der Waals surface area contributed by atoms with Crippen molar-refractivity contribution < 1.29 is 4.42 Å². The van der Waals surface area contributed by atoms with Crippen LogP contribution < -0.4 is 0 Å². The van der Waals surface area contributed by atoms with Crippen LogP contribution in [0.1, 0.15) is 0 Å². The molecular formula is C28H17NO. The summed E-state index contributed by atoms with van der Waals surface area (Å²) in [5, 5.41) is 7.25. The Balaban J connectivity index is 1.81. The molecule has 7 rings (SSSR count). The second-order valence-corrected chi connectivity index (χ2v) is 7.79. The zero-order chi connectivity index (χ0) is 19.7. The predicted octanol–water partition coefficient (Wildman–Crippen LogP) is 7.84. The second kappa shape index (κ2) is 5.74. The Hall–Kier alpha value is -4.04. The average molecular weight is 383 g/mol. The van der Waals surface area contributed by atoms with E-state index in [1.54, 1.807) is 0 Å². The first-order valence-corrected chi connectivity index (χ1v) is 10.2. The fourth-order valence-corrected chi connectivity index (χ4v) is 4.90. The number of aromatic nitrogens is 1. The first kappa shape index (κ1) is 15.8. The molecule has 0 spiro atoms. The fraction of sp³-hybridized carbons (Fsp3) is 0. The molecule has 7 aromatic rings. The minimum absolute atomic E-state index is 0.931. The second-order valence-electron chi connectivity index (χ2n) is 7.79. The zero-order valence-electron chi connectivity index (χ0n) is 16.2. The number of hydrogen-bond acceptors (Lipinski definition) is 1. The molecule has 2 heteroatoms. The monoisotopic (exact) mass is 383 g/mol. The Labute approximate surface area is 172 Å². The van der Waals surface area contributed by atoms with Gasteiger partial charge in [0.1, 0.15) is 11.2 Å². The maximum absolute atomic E-state index is 6.46. The zero-order valence-corrected chi connectivity index (χ0v) is 16.2. The molecule has 0 unspecified atom stereocenters. The number of benzene rings is 5. The maximum atomic E-state index is 6.46. The van der Waals surface area contributed by atoms with Crippen LogP contribution in [-0.2, 0) is 0 Å². The van der Waals surface area contributed by atoms with Gasteiger partial charge < -0.3 is 8.98 Å². The molecule has 0 N–H and O–H groups in total. The van der Waals surface area contributed by atoms with Crippen molar-refractivity contribution in [3.05, 3.63) is 103 Å². The topological polar surface area (TPSA) is 18.1 Å². The molecule has 0 amide bonds. The molecule has 0 bridgehead atoms. The van der Waals surface area contributed by atoms with Crippen molar-refractivity contribution in [1.29, 1.82) is 0 Å². The Morgan fingerprint density at radius 2 is 1.20 bits per heavy atom. The summed E-state index contributed by atoms with van der Waals surface area (Å²) in [4.78, 5) is 0. The Bertz CT molecular complexity index is 1740. The summed E-state index contributed by atoms with van der Waals surface area (Å²) in [6.45, 7) is 0. The van der Waals surface area contributed by atoms with E-state index in [0.717, 1.165) is 27.6 Å². The lowest BCUT2D eigenvalue weighted by Gasteiger charge is -2.07. The van der Waals surface area contributed by atoms with Crippen LogP contribution in [0.3, 0.4) is 0 Å². The molecule has 2 heterocycles. The van der Waals surface area contributed by atoms with Crippen molar-refractivity contribution in [2.24, 2.45) is 0 Å². The highest BCUT2D eigenvalue weighted by atomic mass is 16.3. The number of rotatable bonds is 1. The van der Waals surface area contributed by atoms with Gasteiger partial charge >= 0.3 is 0 Å². The SMILES string of the molecule is c1ccc(-n2c3ccc4ccccc4c3c3c4oc5ccccc5c4ccc32)cc1. The van der Waals surface area contributed by atoms with Gasteiger partial charge in [0.15, 0.2) is 0 Å². The predicted molar refractivity (Wildman–Crippen MR) is 126 cm³/mol. The standard InChI is InChI=1S/C28H17NO/c1-2-9-19(10-3-1)29-23-16-14-18-8-4-5-11-20(18)26(23)27-24(29)17-15-22-21-12-6-7-13-25(21)30-28(22)27/h1-17H. The van der Waals surface area contributed by atoms with Gasteiger partial charge in [-0.25, -0.2) is 0 Å². The quantitative estimate of drug-likeness (QED) is 0.282. The average Bonchev–Trinajstić information content (AvgIpc) is 3.35. The van der Waals surface area contributed by atoms with Crippen molar-refractivity contribution in [3.8, 4) is 5.69 Å². The first-order valence-electron chi connectivity index (χ1n) is 10.2. The molecule has 0 aliphatic carbocycles. The number of fused-ring (bicyclic) bond motifs is 9. The molecule has 2 nitrogen and oxygen atoms in total. The smallest absolute Gasteiger partial charge is 0.145 e. The highest BCUT2D eigenvalue weighted by molar-refractivity contribution is 6.29. The number of furan rings is 1. The normalized spacial score (nSPS) is 12.0. The molecule has 0 saturated heterocycles. The van der Waals surface area contributed by atoms with Gasteiger partial charge in [-0.1, -0.05) is 66.7 Å². The van der Waals surface area contributed by atoms with E-state index in [-0.39, 0.29) is 0 Å². The van der Waals surface area contributed by atoms with E-state index < -0.39 is 0 Å². The molecule has 30 heavy (non-hydrogen) atoms. The van der Waals surface area contributed by atoms with Crippen molar-refractivity contribution in [1.82, 2.24) is 4.57 Å². The minimum Gasteiger partial charge on any atom is -0.455 e. The van der Waals surface area contributed by atoms with Crippen LogP contribution in [0.5, 0.6) is 0 Å². The summed E-state index contributed by atoms with van der Waals surface area (Å²) in [6.07, 6.45) is 0. The van der Waals surface area contributed by atoms with Crippen LogP contribution in [0.2, 0.25) is 0 Å². The Morgan fingerprint density at radius 3 is 2.10 bits per heavy atom. The molecule has 0 aliphatic heterocycles. The first-order chi connectivity index (χ1) is 14.9. The van der Waals surface area contributed by atoms with Gasteiger partial charge in [-0.2, -0.15) is 0 Å². The van der Waals surface area contributed by atoms with Gasteiger partial charge in [0, 0.05) is 21.8 Å². The van der Waals surface area contributed by atoms with Gasteiger partial charge in [0.25, 0.3) is 0 Å². The summed E-state index contributed by atoms with van der Waals surface area (Å²) >= 11 is 0. The summed E-state index contributed by atoms with van der Waals surface area (Å²) in [7, 11) is 0. The highest BCUT2D eigenvalue weighted by Gasteiger charge is 2.19. The van der Waals surface area contributed by atoms with E-state index in [2.05, 4.69) is 102 Å². The van der Waals surface area contributed by atoms with Crippen LogP contribution in [-0.4, -0.2) is 4.57 Å². The Kier molecular flexibility index (Phi) is 3.03. The molecule has 0 radical (unpaired) electrons. The third kappa shape index (κ3) is 1.98. The van der Waals surface area contributed by atoms with E-state index in [1.165, 1.54) is 32.6 Å². The van der Waals surface area contributed by atoms with Crippen molar-refractivity contribution in [3.63, 3.8) is 0 Å². The highest BCUT2D eigenvalue weighted by Crippen LogP contribution is 2.42. The van der Waals surface area contributed by atoms with E-state index in [4.69, 9.17) is 4.42 Å². The van der Waals surface area contributed by atoms with Gasteiger partial charge in [-0.15, -0.1) is 0 Å². The van der Waals surface area contributed by atoms with E-state index >= 15 is 0 Å². The summed E-state index contributed by atoms with van der Waals surface area (Å²) in [5.41, 5.74) is 5.41. The van der Waals surface area contributed by atoms with Crippen LogP contribution in [0.15, 0.2) is 108 Å². The summed E-state index contributed by atoms with van der Waals surface area (Å²) < 4.78 is 8.81. The fourth-order valence-electron chi connectivity index (χ4n) is 4.90. The van der Waals surface area contributed by atoms with Crippen molar-refractivity contribution in [2.45, 2.75) is 0 Å². The number of nitrogens with zero attached hydrogens (tertiary/aromatic N) is 1. The lowest BCUT2D eigenvalue weighted by atomic mass is 10.0. The molecule has 5 aromatic carbocycles. The van der Waals surface area contributed by atoms with Crippen LogP contribution in [0.25, 0.3) is 60.2 Å². The molecule has 0 saturated carbocycles. The van der Waals surface area contributed by atoms with Gasteiger partial charge in [0.05, 0.1) is 16.4 Å². The van der Waals surface area contributed by atoms with Gasteiger partial charge in [-0.3, -0.25) is 0 Å². The molecule has 0 fully saturated rings. The van der Waals surface area contributed by atoms with Crippen LogP contribution in [0.4, 0.5) is 0 Å². The lowest BCUT2D eigenvalue weighted by Crippen LogP contribution is -1.92. The van der Waals surface area contributed by atoms with Gasteiger partial charge in [-0.05, 0) is 47.2 Å². The van der Waals surface area contributed by atoms with Gasteiger partial charge in [0.2, 0.25) is 0 Å². The number of para-hydroxylation sites is 2. The summed E-state index contributed by atoms with van der Waals surface area (Å²) in [6, 6.07) is 36.4. The van der Waals surface area contributed by atoms with E-state index in [0.29, 0.717) is 0 Å². The van der Waals surface area contributed by atoms with Crippen LogP contribution in [0, 0.1) is 0 Å². The molecular weight excluding hydrogens is 366 g/mol. The third-order valence-corrected chi connectivity index (χ3v) is 6.18. The van der Waals surface area contributed by atoms with E-state index in [9.17, 15) is 0 Å². The van der Waals surface area contributed by atoms with Crippen LogP contribution >= 0.6 is 0 Å². The van der Waals surface area contributed by atoms with E-state index in [1.807, 2.05) is 6.07 Å². The molecule has 2 aromatic heterocycles. The molecule has 0 atom stereocenters. The van der Waals surface area contributed by atoms with Crippen molar-refractivity contribution >= 4 is 54.5 Å². The summed E-state index contributed by atoms with van der Waals surface area (Å²) in [5.74, 6) is 0. The molecule has 140 valence electrons. The van der Waals surface area contributed by atoms with Crippen molar-refractivity contribution in [2.75, 3.05) is 0 Å². The minimum atomic E-state index is 0.931. The Morgan fingerprint density at radius 1 is 0.500 bits per heavy atom. The number of hydrogen-bond donors (Lipinski definition) is 0. The largest absolute Gasteiger partial charge is 0.455 e. The lowest BCUT2D eigenvalue weighted by molar-refractivity contribution is 0.673. The maximum Gasteiger partial charge on any atom is 0.145 e.